The summed E-state index contributed by atoms with van der Waals surface area (Å²) in [5.74, 6) is -0.843. The highest BCUT2D eigenvalue weighted by Gasteiger charge is 2.30. The Kier molecular flexibility index (Phi) is 9.76. The highest BCUT2D eigenvalue weighted by atomic mass is 35.5. The van der Waals surface area contributed by atoms with Crippen LogP contribution in [0.25, 0.3) is 21.7 Å². The molecule has 1 aliphatic heterocycles. The van der Waals surface area contributed by atoms with Gasteiger partial charge >= 0.3 is 0 Å². The first kappa shape index (κ1) is 33.1. The number of rotatable bonds is 12. The van der Waals surface area contributed by atoms with Crippen molar-refractivity contribution in [2.75, 3.05) is 13.6 Å². The maximum atomic E-state index is 13.5. The van der Waals surface area contributed by atoms with Gasteiger partial charge in [-0.2, -0.15) is 0 Å². The summed E-state index contributed by atoms with van der Waals surface area (Å²) in [6, 6.07) is 21.7. The fourth-order valence-electron chi connectivity index (χ4n) is 6.75. The minimum atomic E-state index is -0.260. The van der Waals surface area contributed by atoms with Gasteiger partial charge in [-0.15, -0.1) is 0 Å². The van der Waals surface area contributed by atoms with Crippen molar-refractivity contribution in [3.8, 4) is 0 Å². The maximum Gasteiger partial charge on any atom is 0.262 e. The number of imide groups is 1. The van der Waals surface area contributed by atoms with E-state index in [2.05, 4.69) is 5.32 Å². The molecule has 6 rings (SSSR count). The minimum Gasteiger partial charge on any atom is -0.392 e. The van der Waals surface area contributed by atoms with Crippen molar-refractivity contribution >= 4 is 56.9 Å². The molecule has 246 valence electrons. The van der Waals surface area contributed by atoms with E-state index in [-0.39, 0.29) is 36.7 Å². The van der Waals surface area contributed by atoms with Crippen molar-refractivity contribution < 1.29 is 24.3 Å². The molecule has 0 fully saturated rings. The van der Waals surface area contributed by atoms with Crippen LogP contribution in [0.3, 0.4) is 0 Å². The number of hydrogen-bond donors (Lipinski definition) is 2. The van der Waals surface area contributed by atoms with Crippen molar-refractivity contribution in [2.45, 2.75) is 58.5 Å². The van der Waals surface area contributed by atoms with Gasteiger partial charge in [0.2, 0.25) is 5.91 Å². The Bertz CT molecular complexity index is 2040. The molecule has 2 heterocycles. The average molecular weight is 664 g/mol. The smallest absolute Gasteiger partial charge is 0.262 e. The van der Waals surface area contributed by atoms with Crippen LogP contribution in [0.2, 0.25) is 5.02 Å². The summed E-state index contributed by atoms with van der Waals surface area (Å²) >= 11 is 6.03. The third-order valence-electron chi connectivity index (χ3n) is 9.36. The lowest BCUT2D eigenvalue weighted by Crippen LogP contribution is -2.36. The van der Waals surface area contributed by atoms with Crippen LogP contribution in [0.1, 0.15) is 85.6 Å². The third kappa shape index (κ3) is 6.38. The van der Waals surface area contributed by atoms with Crippen molar-refractivity contribution in [1.82, 2.24) is 14.8 Å². The van der Waals surface area contributed by atoms with E-state index in [4.69, 9.17) is 11.6 Å². The van der Waals surface area contributed by atoms with Crippen molar-refractivity contribution in [2.24, 2.45) is 0 Å². The van der Waals surface area contributed by atoms with Crippen LogP contribution in [0, 0.1) is 6.92 Å². The molecule has 1 aliphatic rings. The van der Waals surface area contributed by atoms with E-state index in [0.717, 1.165) is 65.8 Å². The van der Waals surface area contributed by atoms with Crippen molar-refractivity contribution in [1.29, 1.82) is 0 Å². The average Bonchev–Trinajstić information content (AvgIpc) is 3.36. The second-order valence-corrected chi connectivity index (χ2v) is 12.9. The Morgan fingerprint density at radius 2 is 1.54 bits per heavy atom. The molecule has 2 N–H and O–H groups in total. The number of aryl methyl sites for hydroxylation is 1. The summed E-state index contributed by atoms with van der Waals surface area (Å²) in [5, 5.41) is 15.8. The number of amides is 3. The Morgan fingerprint density at radius 3 is 2.29 bits per heavy atom. The monoisotopic (exact) mass is 663 g/mol. The standard InChI is InChI=1S/C39H38ClN3O5/c1-24-32(33-21-25(23-44)12-19-34(33)43(24)37(46)27-13-16-28(40)17-14-27)22-35(45)41-20-7-5-3-4-6-9-26-15-18-31-36-29(26)10-8-11-30(36)38(47)42(2)39(31)48/h8,10-19,21,44H,3-7,9,20,22-23H2,1-2H3,(H,41,45). The number of carbonyl (C=O) groups excluding carboxylic acids is 4. The molecule has 9 heteroatoms. The normalized spacial score (nSPS) is 12.7. The van der Waals surface area contributed by atoms with E-state index in [0.29, 0.717) is 45.0 Å². The number of unbranched alkanes of at least 4 members (excludes halogenated alkanes) is 4. The Labute approximate surface area is 284 Å². The number of aliphatic hydroxyl groups excluding tert-OH is 1. The number of carbonyl (C=O) groups is 4. The van der Waals surface area contributed by atoms with Crippen LogP contribution in [-0.4, -0.2) is 51.8 Å². The fraction of sp³-hybridized carbons (Fsp3) is 0.282. The predicted octanol–water partition coefficient (Wildman–Crippen LogP) is 7.01. The van der Waals surface area contributed by atoms with Crippen molar-refractivity contribution in [3.05, 3.63) is 117 Å². The summed E-state index contributed by atoms with van der Waals surface area (Å²) in [6.45, 7) is 2.27. The highest BCUT2D eigenvalue weighted by Crippen LogP contribution is 2.33. The number of benzene rings is 4. The van der Waals surface area contributed by atoms with E-state index >= 15 is 0 Å². The SMILES string of the molecule is Cc1c(CC(=O)NCCCCCCCc2ccc3c4c(cccc24)C(=O)N(C)C3=O)c2cc(CO)ccc2n1C(=O)c1ccc(Cl)cc1. The molecule has 0 radical (unpaired) electrons. The Morgan fingerprint density at radius 1 is 0.833 bits per heavy atom. The van der Waals surface area contributed by atoms with Crippen LogP contribution >= 0.6 is 11.6 Å². The molecule has 3 amide bonds. The maximum absolute atomic E-state index is 13.5. The quantitative estimate of drug-likeness (QED) is 0.110. The second-order valence-electron chi connectivity index (χ2n) is 12.4. The van der Waals surface area contributed by atoms with E-state index in [1.54, 1.807) is 41.0 Å². The van der Waals surface area contributed by atoms with Crippen LogP contribution in [-0.2, 0) is 24.2 Å². The molecule has 8 nitrogen and oxygen atoms in total. The second kappa shape index (κ2) is 14.1. The van der Waals surface area contributed by atoms with Crippen LogP contribution in [0.5, 0.6) is 0 Å². The molecular weight excluding hydrogens is 626 g/mol. The largest absolute Gasteiger partial charge is 0.392 e. The highest BCUT2D eigenvalue weighted by molar-refractivity contribution is 6.30. The molecule has 0 spiro atoms. The Balaban J connectivity index is 1.01. The molecule has 0 saturated heterocycles. The van der Waals surface area contributed by atoms with Gasteiger partial charge in [-0.3, -0.25) is 28.6 Å². The van der Waals surface area contributed by atoms with Crippen LogP contribution in [0.4, 0.5) is 0 Å². The summed E-state index contributed by atoms with van der Waals surface area (Å²) in [7, 11) is 1.52. The first-order valence-corrected chi connectivity index (χ1v) is 16.7. The zero-order valence-corrected chi connectivity index (χ0v) is 27.9. The topological polar surface area (TPSA) is 109 Å². The molecule has 0 unspecified atom stereocenters. The first-order chi connectivity index (χ1) is 23.2. The number of nitrogens with zero attached hydrogens (tertiary/aromatic N) is 2. The lowest BCUT2D eigenvalue weighted by atomic mass is 9.90. The first-order valence-electron chi connectivity index (χ1n) is 16.4. The van der Waals surface area contributed by atoms with Gasteiger partial charge in [0.15, 0.2) is 0 Å². The lowest BCUT2D eigenvalue weighted by molar-refractivity contribution is -0.120. The number of aromatic nitrogens is 1. The molecule has 0 aliphatic carbocycles. The zero-order chi connectivity index (χ0) is 33.9. The zero-order valence-electron chi connectivity index (χ0n) is 27.1. The van der Waals surface area contributed by atoms with Crippen LogP contribution < -0.4 is 5.32 Å². The summed E-state index contributed by atoms with van der Waals surface area (Å²) in [5.41, 5.74) is 5.65. The number of fused-ring (bicyclic) bond motifs is 1. The summed E-state index contributed by atoms with van der Waals surface area (Å²) in [6.07, 6.45) is 5.87. The van der Waals surface area contributed by atoms with E-state index in [1.165, 1.54) is 11.9 Å². The van der Waals surface area contributed by atoms with Gasteiger partial charge in [0.25, 0.3) is 17.7 Å². The third-order valence-corrected chi connectivity index (χ3v) is 9.61. The van der Waals surface area contributed by atoms with Crippen molar-refractivity contribution in [3.63, 3.8) is 0 Å². The van der Waals surface area contributed by atoms with E-state index in [9.17, 15) is 24.3 Å². The molecule has 5 aromatic rings. The van der Waals surface area contributed by atoms with Gasteiger partial charge in [-0.25, -0.2) is 0 Å². The van der Waals surface area contributed by atoms with Gasteiger partial charge < -0.3 is 10.4 Å². The van der Waals surface area contributed by atoms with Gasteiger partial charge in [-0.05, 0) is 96.8 Å². The van der Waals surface area contributed by atoms with Gasteiger partial charge in [-0.1, -0.05) is 55.1 Å². The van der Waals surface area contributed by atoms with Gasteiger partial charge in [0, 0.05) is 51.8 Å². The number of aliphatic hydroxyl groups is 1. The van der Waals surface area contributed by atoms with Crippen LogP contribution in [0.15, 0.2) is 72.8 Å². The Hall–Kier alpha value is -4.79. The lowest BCUT2D eigenvalue weighted by Gasteiger charge is -2.24. The summed E-state index contributed by atoms with van der Waals surface area (Å²) < 4.78 is 1.63. The number of halogens is 1. The number of hydrogen-bond acceptors (Lipinski definition) is 5. The summed E-state index contributed by atoms with van der Waals surface area (Å²) in [4.78, 5) is 53.1. The fourth-order valence-corrected chi connectivity index (χ4v) is 6.88. The predicted molar refractivity (Wildman–Crippen MR) is 188 cm³/mol. The molecule has 0 saturated carbocycles. The van der Waals surface area contributed by atoms with Gasteiger partial charge in [0.1, 0.15) is 0 Å². The molecule has 0 atom stereocenters. The van der Waals surface area contributed by atoms with E-state index in [1.807, 2.05) is 43.3 Å². The van der Waals surface area contributed by atoms with Gasteiger partial charge in [0.05, 0.1) is 18.5 Å². The molecule has 48 heavy (non-hydrogen) atoms. The molecule has 1 aromatic heterocycles. The van der Waals surface area contributed by atoms with E-state index < -0.39 is 0 Å². The molecular formula is C39H38ClN3O5. The minimum absolute atomic E-state index is 0.114. The number of nitrogens with one attached hydrogen (secondary N) is 1. The molecule has 0 bridgehead atoms. The molecule has 4 aromatic carbocycles.